The van der Waals surface area contributed by atoms with Crippen molar-refractivity contribution in [3.8, 4) is 5.75 Å². The summed E-state index contributed by atoms with van der Waals surface area (Å²) in [6.07, 6.45) is -0.416. The van der Waals surface area contributed by atoms with Gasteiger partial charge in [-0.3, -0.25) is 4.55 Å². The first kappa shape index (κ1) is 15.2. The average molecular weight is 302 g/mol. The van der Waals surface area contributed by atoms with Crippen LogP contribution in [-0.4, -0.2) is 43.8 Å². The van der Waals surface area contributed by atoms with Gasteiger partial charge in [0.1, 0.15) is 11.9 Å². The second-order valence-electron chi connectivity index (χ2n) is 4.70. The lowest BCUT2D eigenvalue weighted by atomic mass is 10.0. The van der Waals surface area contributed by atoms with Crippen LogP contribution in [-0.2, 0) is 14.6 Å². The van der Waals surface area contributed by atoms with E-state index < -0.39 is 16.5 Å². The van der Waals surface area contributed by atoms with Crippen molar-refractivity contribution in [1.82, 2.24) is 10.6 Å². The average Bonchev–Trinajstić information content (AvgIpc) is 2.38. The van der Waals surface area contributed by atoms with Crippen molar-refractivity contribution in [3.05, 3.63) is 29.8 Å². The predicted octanol–water partition coefficient (Wildman–Crippen LogP) is 0.204. The van der Waals surface area contributed by atoms with Crippen LogP contribution in [0.25, 0.3) is 0 Å². The van der Waals surface area contributed by atoms with E-state index in [0.717, 1.165) is 13.1 Å². The number of hydrogen-bond donors (Lipinski definition) is 4. The molecule has 2 unspecified atom stereocenters. The largest absolute Gasteiger partial charge is 0.508 e. The molecule has 20 heavy (non-hydrogen) atoms. The summed E-state index contributed by atoms with van der Waals surface area (Å²) in [5.41, 5.74) is 0.577. The highest BCUT2D eigenvalue weighted by atomic mass is 32.3. The molecule has 1 heterocycles. The highest BCUT2D eigenvalue weighted by molar-refractivity contribution is 7.80. The molecule has 0 bridgehead atoms. The van der Waals surface area contributed by atoms with Crippen LogP contribution >= 0.6 is 0 Å². The quantitative estimate of drug-likeness (QED) is 0.576. The lowest BCUT2D eigenvalue weighted by Gasteiger charge is -2.27. The first-order valence-corrected chi connectivity index (χ1v) is 7.69. The van der Waals surface area contributed by atoms with Crippen molar-refractivity contribution >= 4 is 10.4 Å². The summed E-state index contributed by atoms with van der Waals surface area (Å²) in [6, 6.07) is 6.08. The van der Waals surface area contributed by atoms with Gasteiger partial charge in [0.15, 0.2) is 0 Å². The Kier molecular flexibility index (Phi) is 4.95. The third-order valence-corrected chi connectivity index (χ3v) is 3.60. The highest BCUT2D eigenvalue weighted by Gasteiger charge is 2.24. The summed E-state index contributed by atoms with van der Waals surface area (Å²) in [7, 11) is -4.54. The van der Waals surface area contributed by atoms with Crippen molar-refractivity contribution in [3.63, 3.8) is 0 Å². The Labute approximate surface area is 117 Å². The van der Waals surface area contributed by atoms with Crippen LogP contribution in [0.2, 0.25) is 0 Å². The second-order valence-corrected chi connectivity index (χ2v) is 5.74. The van der Waals surface area contributed by atoms with Crippen molar-refractivity contribution in [1.29, 1.82) is 0 Å². The molecule has 0 saturated carbocycles. The van der Waals surface area contributed by atoms with E-state index in [0.29, 0.717) is 18.5 Å². The van der Waals surface area contributed by atoms with Gasteiger partial charge in [0.05, 0.1) is 0 Å². The number of benzene rings is 1. The normalized spacial score (nSPS) is 21.6. The molecule has 1 aromatic carbocycles. The molecule has 0 radical (unpaired) electrons. The summed E-state index contributed by atoms with van der Waals surface area (Å²) < 4.78 is 35.6. The van der Waals surface area contributed by atoms with Gasteiger partial charge in [0.25, 0.3) is 0 Å². The maximum Gasteiger partial charge on any atom is 0.397 e. The summed E-state index contributed by atoms with van der Waals surface area (Å²) in [5, 5.41) is 15.7. The Balaban J connectivity index is 2.13. The minimum atomic E-state index is -4.54. The molecule has 0 spiro atoms. The fraction of sp³-hybridized carbons (Fsp3) is 0.500. The molecule has 1 aliphatic heterocycles. The lowest BCUT2D eigenvalue weighted by Crippen LogP contribution is -2.48. The Morgan fingerprint density at radius 3 is 2.55 bits per heavy atom. The van der Waals surface area contributed by atoms with Crippen molar-refractivity contribution in [2.75, 3.05) is 19.6 Å². The number of piperazine rings is 1. The zero-order chi connectivity index (χ0) is 14.6. The zero-order valence-electron chi connectivity index (χ0n) is 10.8. The molecule has 0 aliphatic carbocycles. The van der Waals surface area contributed by atoms with Gasteiger partial charge >= 0.3 is 10.4 Å². The van der Waals surface area contributed by atoms with Crippen LogP contribution in [0, 0.1) is 0 Å². The predicted molar refractivity (Wildman–Crippen MR) is 72.8 cm³/mol. The van der Waals surface area contributed by atoms with Gasteiger partial charge in [-0.1, -0.05) is 12.1 Å². The monoisotopic (exact) mass is 302 g/mol. The maximum absolute atomic E-state index is 11.0. The van der Waals surface area contributed by atoms with Crippen molar-refractivity contribution < 1.29 is 22.3 Å². The fourth-order valence-corrected chi connectivity index (χ4v) is 2.69. The van der Waals surface area contributed by atoms with Crippen LogP contribution < -0.4 is 10.6 Å². The number of phenols is 1. The summed E-state index contributed by atoms with van der Waals surface area (Å²) >= 11 is 0. The summed E-state index contributed by atoms with van der Waals surface area (Å²) in [4.78, 5) is 0. The van der Waals surface area contributed by atoms with Crippen LogP contribution in [0.1, 0.15) is 18.1 Å². The highest BCUT2D eigenvalue weighted by Crippen LogP contribution is 2.26. The minimum absolute atomic E-state index is 0.0457. The molecule has 1 aliphatic rings. The number of nitrogens with one attached hydrogen (secondary N) is 2. The Hall–Kier alpha value is -1.19. The number of hydrogen-bond acceptors (Lipinski definition) is 6. The molecule has 0 amide bonds. The summed E-state index contributed by atoms with van der Waals surface area (Å²) in [6.45, 7) is 2.35. The lowest BCUT2D eigenvalue weighted by molar-refractivity contribution is 0.157. The number of rotatable bonds is 5. The van der Waals surface area contributed by atoms with E-state index in [4.69, 9.17) is 8.74 Å². The molecule has 112 valence electrons. The summed E-state index contributed by atoms with van der Waals surface area (Å²) in [5.74, 6) is 0.0804. The third kappa shape index (κ3) is 4.73. The zero-order valence-corrected chi connectivity index (χ0v) is 11.6. The van der Waals surface area contributed by atoms with Crippen LogP contribution in [0.5, 0.6) is 5.75 Å². The van der Waals surface area contributed by atoms with E-state index in [1.807, 2.05) is 0 Å². The van der Waals surface area contributed by atoms with Gasteiger partial charge in [-0.25, -0.2) is 4.18 Å². The van der Waals surface area contributed by atoms with E-state index in [1.54, 1.807) is 12.1 Å². The van der Waals surface area contributed by atoms with Crippen LogP contribution in [0.4, 0.5) is 0 Å². The van der Waals surface area contributed by atoms with Crippen molar-refractivity contribution in [2.24, 2.45) is 0 Å². The van der Waals surface area contributed by atoms with E-state index in [-0.39, 0.29) is 11.8 Å². The number of phenolic OH excluding ortho intramolecular Hbond substituents is 1. The Morgan fingerprint density at radius 2 is 2.00 bits per heavy atom. The van der Waals surface area contributed by atoms with E-state index in [1.165, 1.54) is 12.1 Å². The smallest absolute Gasteiger partial charge is 0.397 e. The van der Waals surface area contributed by atoms with Gasteiger partial charge < -0.3 is 15.7 Å². The molecular weight excluding hydrogens is 284 g/mol. The molecule has 1 saturated heterocycles. The molecule has 1 aromatic rings. The fourth-order valence-electron chi connectivity index (χ4n) is 2.20. The molecule has 2 rings (SSSR count). The molecule has 8 heteroatoms. The van der Waals surface area contributed by atoms with Crippen LogP contribution in [0.3, 0.4) is 0 Å². The van der Waals surface area contributed by atoms with E-state index in [9.17, 15) is 13.5 Å². The molecule has 7 nitrogen and oxygen atoms in total. The third-order valence-electron chi connectivity index (χ3n) is 3.13. The molecule has 0 aromatic heterocycles. The number of aromatic hydroxyl groups is 1. The SMILES string of the molecule is O=S(=O)(O)OC(CC1CNCCN1)c1ccc(O)cc1. The van der Waals surface area contributed by atoms with Gasteiger partial charge in [-0.05, 0) is 24.1 Å². The molecule has 1 fully saturated rings. The Bertz CT molecular complexity index is 525. The Morgan fingerprint density at radius 1 is 1.30 bits per heavy atom. The second kappa shape index (κ2) is 6.51. The standard InChI is InChI=1S/C12H18N2O5S/c15-11-3-1-9(2-4-11)12(19-20(16,17)18)7-10-8-13-5-6-14-10/h1-4,10,12-15H,5-8H2,(H,16,17,18). The molecule has 4 N–H and O–H groups in total. The topological polar surface area (TPSA) is 108 Å². The van der Waals surface area contributed by atoms with Gasteiger partial charge in [-0.2, -0.15) is 8.42 Å². The van der Waals surface area contributed by atoms with Gasteiger partial charge in [0.2, 0.25) is 0 Å². The minimum Gasteiger partial charge on any atom is -0.508 e. The van der Waals surface area contributed by atoms with Gasteiger partial charge in [0, 0.05) is 25.7 Å². The molecule has 2 atom stereocenters. The van der Waals surface area contributed by atoms with E-state index >= 15 is 0 Å². The maximum atomic E-state index is 11.0. The first-order valence-electron chi connectivity index (χ1n) is 6.33. The van der Waals surface area contributed by atoms with Crippen LogP contribution in [0.15, 0.2) is 24.3 Å². The first-order chi connectivity index (χ1) is 9.44. The molecular formula is C12H18N2O5S. The van der Waals surface area contributed by atoms with E-state index in [2.05, 4.69) is 10.6 Å². The van der Waals surface area contributed by atoms with Crippen molar-refractivity contribution in [2.45, 2.75) is 18.6 Å². The van der Waals surface area contributed by atoms with Gasteiger partial charge in [-0.15, -0.1) is 0 Å².